The molecular formula is C41H35Cl2N3O6. The van der Waals surface area contributed by atoms with Crippen molar-refractivity contribution in [2.45, 2.75) is 37.5 Å². The Hall–Kier alpha value is -5.12. The van der Waals surface area contributed by atoms with Crippen LogP contribution >= 0.6 is 23.2 Å². The molecule has 2 heterocycles. The number of imide groups is 2. The van der Waals surface area contributed by atoms with Crippen molar-refractivity contribution in [1.82, 2.24) is 5.01 Å². The van der Waals surface area contributed by atoms with E-state index in [-0.39, 0.29) is 29.0 Å². The number of aromatic hydroxyl groups is 1. The molecule has 2 N–H and O–H groups in total. The molecule has 6 unspecified atom stereocenters. The second kappa shape index (κ2) is 12.8. The maximum Gasteiger partial charge on any atom is 0.260 e. The molecule has 2 saturated heterocycles. The van der Waals surface area contributed by atoms with E-state index < -0.39 is 46.8 Å². The minimum Gasteiger partial charge on any atom is -0.508 e. The molecule has 4 aliphatic rings. The number of phenolic OH excluding ortho intramolecular Hbond substituents is 1. The average Bonchev–Trinajstić information content (AvgIpc) is 3.53. The number of nitrogens with zero attached hydrogens (tertiary/aromatic N) is 2. The molecule has 1 saturated carbocycles. The molecule has 6 atom stereocenters. The molecule has 2 aliphatic carbocycles. The molecule has 264 valence electrons. The Kier molecular flexibility index (Phi) is 8.38. The molecule has 2 aliphatic heterocycles. The summed E-state index contributed by atoms with van der Waals surface area (Å²) in [6.45, 7) is 2.04. The summed E-state index contributed by atoms with van der Waals surface area (Å²) in [5.41, 5.74) is 5.53. The zero-order valence-electron chi connectivity index (χ0n) is 28.4. The number of allylic oxidation sites excluding steroid dienone is 2. The van der Waals surface area contributed by atoms with Gasteiger partial charge in [0.25, 0.3) is 11.8 Å². The minimum atomic E-state index is -1.48. The topological polar surface area (TPSA) is 116 Å². The van der Waals surface area contributed by atoms with Crippen molar-refractivity contribution >= 4 is 58.2 Å². The number of nitrogens with one attached hydrogen (secondary N) is 1. The van der Waals surface area contributed by atoms with Crippen LogP contribution in [-0.4, -0.2) is 40.9 Å². The molecule has 4 aromatic carbocycles. The number of hydrogen-bond acceptors (Lipinski definition) is 7. The maximum atomic E-state index is 15.3. The lowest BCUT2D eigenvalue weighted by Crippen LogP contribution is -2.53. The first-order chi connectivity index (χ1) is 25.1. The standard InChI is InChI=1S/C41H35Cl2N3O6/c1-3-22-4-11-26(12-5-22)45-37(48)30-18-17-29-31(35(30)39(45)50)21-32-38(49)46(44-34-19-10-25(42)20-33(34)43)40(51)41(32,24-8-15-28(52-2)16-9-24)36(29)23-6-13-27(47)14-7-23/h4-17,19-20,30-32,35-36,44,47H,3,18,21H2,1-2H3. The molecule has 9 nitrogen and oxygen atoms in total. The number of hydrogen-bond donors (Lipinski definition) is 2. The Labute approximate surface area is 310 Å². The molecule has 8 rings (SSSR count). The lowest BCUT2D eigenvalue weighted by atomic mass is 9.49. The Morgan fingerprint density at radius 3 is 2.23 bits per heavy atom. The molecular weight excluding hydrogens is 701 g/mol. The van der Waals surface area contributed by atoms with E-state index in [9.17, 15) is 19.5 Å². The van der Waals surface area contributed by atoms with Crippen molar-refractivity contribution in [2.24, 2.45) is 23.7 Å². The predicted octanol–water partition coefficient (Wildman–Crippen LogP) is 7.46. The van der Waals surface area contributed by atoms with Gasteiger partial charge in [-0.05, 0) is 96.5 Å². The van der Waals surface area contributed by atoms with Gasteiger partial charge in [0.1, 0.15) is 11.5 Å². The van der Waals surface area contributed by atoms with Crippen molar-refractivity contribution < 1.29 is 29.0 Å². The number of rotatable bonds is 7. The summed E-state index contributed by atoms with van der Waals surface area (Å²) in [6, 6.07) is 25.9. The van der Waals surface area contributed by atoms with Crippen molar-refractivity contribution in [3.8, 4) is 11.5 Å². The van der Waals surface area contributed by atoms with Gasteiger partial charge < -0.3 is 9.84 Å². The summed E-state index contributed by atoms with van der Waals surface area (Å²) in [4.78, 5) is 60.0. The summed E-state index contributed by atoms with van der Waals surface area (Å²) in [5, 5.41) is 12.0. The monoisotopic (exact) mass is 735 g/mol. The molecule has 0 aromatic heterocycles. The zero-order chi connectivity index (χ0) is 36.5. The summed E-state index contributed by atoms with van der Waals surface area (Å²) >= 11 is 12.7. The van der Waals surface area contributed by atoms with Gasteiger partial charge in [0.15, 0.2) is 0 Å². The summed E-state index contributed by atoms with van der Waals surface area (Å²) in [6.07, 6.45) is 3.27. The van der Waals surface area contributed by atoms with E-state index in [0.29, 0.717) is 39.7 Å². The quantitative estimate of drug-likeness (QED) is 0.150. The van der Waals surface area contributed by atoms with Crippen LogP contribution in [0.3, 0.4) is 0 Å². The fraction of sp³-hybridized carbons (Fsp3) is 0.268. The van der Waals surface area contributed by atoms with Crippen molar-refractivity contribution in [3.05, 3.63) is 129 Å². The van der Waals surface area contributed by atoms with Crippen LogP contribution in [0.2, 0.25) is 10.0 Å². The van der Waals surface area contributed by atoms with Crippen molar-refractivity contribution in [1.29, 1.82) is 0 Å². The molecule has 3 fully saturated rings. The molecule has 0 bridgehead atoms. The number of ether oxygens (including phenoxy) is 1. The predicted molar refractivity (Wildman–Crippen MR) is 197 cm³/mol. The van der Waals surface area contributed by atoms with Crippen LogP contribution in [0.15, 0.2) is 103 Å². The Balaban J connectivity index is 1.30. The third-order valence-electron chi connectivity index (χ3n) is 11.4. The van der Waals surface area contributed by atoms with Crippen LogP contribution in [0, 0.1) is 23.7 Å². The third kappa shape index (κ3) is 5.04. The van der Waals surface area contributed by atoms with Crippen LogP contribution in [0.4, 0.5) is 11.4 Å². The molecule has 52 heavy (non-hydrogen) atoms. The van der Waals surface area contributed by atoms with Gasteiger partial charge in [-0.25, -0.2) is 0 Å². The smallest absolute Gasteiger partial charge is 0.260 e. The number of amides is 4. The minimum absolute atomic E-state index is 0.0413. The van der Waals surface area contributed by atoms with Gasteiger partial charge in [-0.3, -0.25) is 29.5 Å². The van der Waals surface area contributed by atoms with Crippen LogP contribution in [0.1, 0.15) is 42.4 Å². The van der Waals surface area contributed by atoms with Gasteiger partial charge in [-0.2, -0.15) is 5.01 Å². The van der Waals surface area contributed by atoms with E-state index in [2.05, 4.69) is 5.43 Å². The summed E-state index contributed by atoms with van der Waals surface area (Å²) in [7, 11) is 1.55. The van der Waals surface area contributed by atoms with E-state index in [1.165, 1.54) is 11.0 Å². The number of methoxy groups -OCH3 is 1. The van der Waals surface area contributed by atoms with E-state index in [0.717, 1.165) is 22.6 Å². The number of carbonyl (C=O) groups excluding carboxylic acids is 4. The summed E-state index contributed by atoms with van der Waals surface area (Å²) < 4.78 is 5.46. The van der Waals surface area contributed by atoms with Crippen LogP contribution in [0.25, 0.3) is 0 Å². The number of halogens is 2. The number of phenols is 1. The van der Waals surface area contributed by atoms with Crippen LogP contribution < -0.4 is 15.1 Å². The largest absolute Gasteiger partial charge is 0.508 e. The first-order valence-corrected chi connectivity index (χ1v) is 18.0. The normalized spacial score (nSPS) is 26.5. The van der Waals surface area contributed by atoms with Gasteiger partial charge in [-0.1, -0.05) is 78.2 Å². The van der Waals surface area contributed by atoms with Gasteiger partial charge in [0, 0.05) is 10.9 Å². The first-order valence-electron chi connectivity index (χ1n) is 17.3. The highest BCUT2D eigenvalue weighted by Gasteiger charge is 2.70. The van der Waals surface area contributed by atoms with Gasteiger partial charge in [-0.15, -0.1) is 0 Å². The Morgan fingerprint density at radius 1 is 0.865 bits per heavy atom. The molecule has 0 radical (unpaired) electrons. The fourth-order valence-corrected chi connectivity index (χ4v) is 9.47. The number of anilines is 2. The lowest BCUT2D eigenvalue weighted by Gasteiger charge is -2.50. The number of aryl methyl sites for hydroxylation is 1. The molecule has 4 amide bonds. The highest BCUT2D eigenvalue weighted by Crippen LogP contribution is 2.64. The number of benzene rings is 4. The number of carbonyl (C=O) groups is 4. The lowest BCUT2D eigenvalue weighted by molar-refractivity contribution is -0.138. The van der Waals surface area contributed by atoms with E-state index in [1.807, 2.05) is 37.3 Å². The molecule has 11 heteroatoms. The van der Waals surface area contributed by atoms with Crippen molar-refractivity contribution in [3.63, 3.8) is 0 Å². The summed E-state index contributed by atoms with van der Waals surface area (Å²) in [5.74, 6) is -4.51. The average molecular weight is 737 g/mol. The van der Waals surface area contributed by atoms with E-state index >= 15 is 4.79 Å². The third-order valence-corrected chi connectivity index (χ3v) is 12.0. The molecule has 4 aromatic rings. The van der Waals surface area contributed by atoms with Crippen LogP contribution in [-0.2, 0) is 31.0 Å². The fourth-order valence-electron chi connectivity index (χ4n) is 9.02. The van der Waals surface area contributed by atoms with Gasteiger partial charge >= 0.3 is 0 Å². The zero-order valence-corrected chi connectivity index (χ0v) is 29.9. The highest BCUT2D eigenvalue weighted by atomic mass is 35.5. The highest BCUT2D eigenvalue weighted by molar-refractivity contribution is 6.36. The Bertz CT molecular complexity index is 2150. The molecule has 0 spiro atoms. The number of hydrazine groups is 1. The van der Waals surface area contributed by atoms with Gasteiger partial charge in [0.05, 0.1) is 46.7 Å². The van der Waals surface area contributed by atoms with Crippen molar-refractivity contribution in [2.75, 3.05) is 17.4 Å². The Morgan fingerprint density at radius 2 is 1.58 bits per heavy atom. The van der Waals surface area contributed by atoms with E-state index in [1.54, 1.807) is 67.8 Å². The number of fused-ring (bicyclic) bond motifs is 4. The SMILES string of the molecule is CCc1ccc(N2C(=O)C3CC=C4C(CC5C(=O)N(Nc6ccc(Cl)cc6Cl)C(=O)C5(c5ccc(OC)cc5)C4c4ccc(O)cc4)C3C2=O)cc1. The first kappa shape index (κ1) is 34.0. The van der Waals surface area contributed by atoms with Crippen LogP contribution in [0.5, 0.6) is 11.5 Å². The van der Waals surface area contributed by atoms with E-state index in [4.69, 9.17) is 27.9 Å². The second-order valence-corrected chi connectivity index (χ2v) is 14.7. The van der Waals surface area contributed by atoms with Gasteiger partial charge in [0.2, 0.25) is 11.8 Å². The second-order valence-electron chi connectivity index (χ2n) is 13.8. The maximum absolute atomic E-state index is 15.3.